The highest BCUT2D eigenvalue weighted by molar-refractivity contribution is 5.81. The van der Waals surface area contributed by atoms with E-state index in [0.717, 1.165) is 5.56 Å². The predicted molar refractivity (Wildman–Crippen MR) is 87.1 cm³/mol. The van der Waals surface area contributed by atoms with Crippen LogP contribution < -0.4 is 5.73 Å². The van der Waals surface area contributed by atoms with Crippen molar-refractivity contribution in [3.8, 4) is 0 Å². The average molecular weight is 308 g/mol. The molecule has 22 heavy (non-hydrogen) atoms. The van der Waals surface area contributed by atoms with Gasteiger partial charge in [-0.2, -0.15) is 0 Å². The number of nitrogens with zero attached hydrogens (tertiary/aromatic N) is 1. The summed E-state index contributed by atoms with van der Waals surface area (Å²) in [5, 5.41) is 0. The lowest BCUT2D eigenvalue weighted by Gasteiger charge is -2.35. The van der Waals surface area contributed by atoms with E-state index in [9.17, 15) is 4.79 Å². The molecule has 5 nitrogen and oxygen atoms in total. The van der Waals surface area contributed by atoms with Crippen LogP contribution in [-0.2, 0) is 20.8 Å². The first-order valence-corrected chi connectivity index (χ1v) is 7.84. The van der Waals surface area contributed by atoms with Gasteiger partial charge in [0.15, 0.2) is 6.29 Å². The van der Waals surface area contributed by atoms with Gasteiger partial charge in [-0.1, -0.05) is 30.3 Å². The molecule has 0 spiro atoms. The monoisotopic (exact) mass is 308 g/mol. The van der Waals surface area contributed by atoms with E-state index >= 15 is 0 Å². The molecule has 0 bridgehead atoms. The maximum absolute atomic E-state index is 12.5. The summed E-state index contributed by atoms with van der Waals surface area (Å²) in [4.78, 5) is 14.2. The van der Waals surface area contributed by atoms with Crippen LogP contribution in [0.2, 0.25) is 0 Å². The van der Waals surface area contributed by atoms with E-state index in [1.165, 1.54) is 0 Å². The molecule has 1 aromatic rings. The Morgan fingerprint density at radius 2 is 1.68 bits per heavy atom. The standard InChI is InChI=1S/C17H28N2O3/c1-5-21-17(22-6-2)14(4)19(16(20)13(3)18)12-15-10-8-7-9-11-15/h7-11,13-14,17H,5-6,12,18H2,1-4H3. The second-order valence-corrected chi connectivity index (χ2v) is 5.26. The molecule has 1 rings (SSSR count). The van der Waals surface area contributed by atoms with Crippen molar-refractivity contribution < 1.29 is 14.3 Å². The molecule has 0 aliphatic carbocycles. The molecule has 0 fully saturated rings. The highest BCUT2D eigenvalue weighted by Gasteiger charge is 2.29. The van der Waals surface area contributed by atoms with Gasteiger partial charge in [0.05, 0.1) is 12.1 Å². The van der Waals surface area contributed by atoms with Gasteiger partial charge in [-0.3, -0.25) is 4.79 Å². The van der Waals surface area contributed by atoms with E-state index in [0.29, 0.717) is 19.8 Å². The zero-order valence-corrected chi connectivity index (χ0v) is 14.0. The van der Waals surface area contributed by atoms with Crippen molar-refractivity contribution in [3.05, 3.63) is 35.9 Å². The van der Waals surface area contributed by atoms with E-state index in [1.807, 2.05) is 51.1 Å². The quantitative estimate of drug-likeness (QED) is 0.710. The van der Waals surface area contributed by atoms with Gasteiger partial charge in [0, 0.05) is 19.8 Å². The lowest BCUT2D eigenvalue weighted by molar-refractivity contribution is -0.179. The van der Waals surface area contributed by atoms with Crippen LogP contribution in [0, 0.1) is 0 Å². The van der Waals surface area contributed by atoms with Gasteiger partial charge in [-0.15, -0.1) is 0 Å². The first kappa shape index (κ1) is 18.6. The molecule has 0 heterocycles. The average Bonchev–Trinajstić information content (AvgIpc) is 2.52. The Kier molecular flexibility index (Phi) is 8.09. The van der Waals surface area contributed by atoms with Crippen LogP contribution in [0.5, 0.6) is 0 Å². The molecule has 0 radical (unpaired) electrons. The summed E-state index contributed by atoms with van der Waals surface area (Å²) < 4.78 is 11.3. The lowest BCUT2D eigenvalue weighted by Crippen LogP contribution is -2.51. The number of nitrogens with two attached hydrogens (primary N) is 1. The molecule has 0 aromatic heterocycles. The molecule has 0 aliphatic rings. The van der Waals surface area contributed by atoms with Crippen molar-refractivity contribution in [1.82, 2.24) is 4.90 Å². The third kappa shape index (κ3) is 5.40. The summed E-state index contributed by atoms with van der Waals surface area (Å²) in [6.07, 6.45) is -0.457. The molecule has 1 aromatic carbocycles. The number of benzene rings is 1. The summed E-state index contributed by atoms with van der Waals surface area (Å²) in [5.41, 5.74) is 6.85. The van der Waals surface area contributed by atoms with E-state index in [2.05, 4.69) is 0 Å². The van der Waals surface area contributed by atoms with Gasteiger partial charge in [0.1, 0.15) is 0 Å². The van der Waals surface area contributed by atoms with Crippen LogP contribution in [0.25, 0.3) is 0 Å². The molecule has 2 unspecified atom stereocenters. The van der Waals surface area contributed by atoms with E-state index in [-0.39, 0.29) is 11.9 Å². The maximum atomic E-state index is 12.5. The van der Waals surface area contributed by atoms with Crippen LogP contribution >= 0.6 is 0 Å². The predicted octanol–water partition coefficient (Wildman–Crippen LogP) is 2.15. The molecule has 0 saturated heterocycles. The summed E-state index contributed by atoms with van der Waals surface area (Å²) in [7, 11) is 0. The van der Waals surface area contributed by atoms with Crippen LogP contribution in [0.4, 0.5) is 0 Å². The zero-order valence-electron chi connectivity index (χ0n) is 14.0. The van der Waals surface area contributed by atoms with Crippen molar-refractivity contribution in [3.63, 3.8) is 0 Å². The highest BCUT2D eigenvalue weighted by Crippen LogP contribution is 2.15. The Hall–Kier alpha value is -1.43. The number of hydrogen-bond donors (Lipinski definition) is 1. The number of ether oxygens (including phenoxy) is 2. The number of carbonyl (C=O) groups is 1. The largest absolute Gasteiger partial charge is 0.351 e. The number of amides is 1. The number of rotatable bonds is 9. The molecular weight excluding hydrogens is 280 g/mol. The van der Waals surface area contributed by atoms with E-state index in [4.69, 9.17) is 15.2 Å². The second kappa shape index (κ2) is 9.56. The van der Waals surface area contributed by atoms with Crippen molar-refractivity contribution in [1.29, 1.82) is 0 Å². The molecule has 2 N–H and O–H groups in total. The van der Waals surface area contributed by atoms with Crippen molar-refractivity contribution in [2.75, 3.05) is 13.2 Å². The minimum atomic E-state index is -0.560. The molecule has 5 heteroatoms. The molecule has 124 valence electrons. The first-order valence-electron chi connectivity index (χ1n) is 7.84. The zero-order chi connectivity index (χ0) is 16.5. The fourth-order valence-electron chi connectivity index (χ4n) is 2.27. The fourth-order valence-corrected chi connectivity index (χ4v) is 2.27. The minimum absolute atomic E-state index is 0.110. The summed E-state index contributed by atoms with van der Waals surface area (Å²) in [6, 6.07) is 9.06. The third-order valence-electron chi connectivity index (χ3n) is 3.42. The Labute approximate surface area is 133 Å². The lowest BCUT2D eigenvalue weighted by atomic mass is 10.1. The van der Waals surface area contributed by atoms with Gasteiger partial charge < -0.3 is 20.1 Å². The minimum Gasteiger partial charge on any atom is -0.351 e. The summed E-state index contributed by atoms with van der Waals surface area (Å²) in [5.74, 6) is -0.110. The molecular formula is C17H28N2O3. The van der Waals surface area contributed by atoms with Gasteiger partial charge in [0.2, 0.25) is 5.91 Å². The molecule has 0 aliphatic heterocycles. The van der Waals surface area contributed by atoms with Gasteiger partial charge in [-0.05, 0) is 33.3 Å². The molecule has 1 amide bonds. The summed E-state index contributed by atoms with van der Waals surface area (Å²) >= 11 is 0. The van der Waals surface area contributed by atoms with E-state index in [1.54, 1.807) is 11.8 Å². The SMILES string of the molecule is CCOC(OCC)C(C)N(Cc1ccccc1)C(=O)C(C)N. The Bertz CT molecular complexity index is 431. The van der Waals surface area contributed by atoms with Gasteiger partial charge in [0.25, 0.3) is 0 Å². The fraction of sp³-hybridized carbons (Fsp3) is 0.588. The van der Waals surface area contributed by atoms with Crippen molar-refractivity contribution in [2.24, 2.45) is 5.73 Å². The third-order valence-corrected chi connectivity index (χ3v) is 3.42. The van der Waals surface area contributed by atoms with Crippen LogP contribution in [0.3, 0.4) is 0 Å². The van der Waals surface area contributed by atoms with Gasteiger partial charge in [-0.25, -0.2) is 0 Å². The van der Waals surface area contributed by atoms with Crippen LogP contribution in [0.15, 0.2) is 30.3 Å². The topological polar surface area (TPSA) is 64.8 Å². The number of hydrogen-bond acceptors (Lipinski definition) is 4. The van der Waals surface area contributed by atoms with Gasteiger partial charge >= 0.3 is 0 Å². The Morgan fingerprint density at radius 3 is 2.14 bits per heavy atom. The Morgan fingerprint density at radius 1 is 1.14 bits per heavy atom. The van der Waals surface area contributed by atoms with Crippen LogP contribution in [-0.4, -0.2) is 42.4 Å². The highest BCUT2D eigenvalue weighted by atomic mass is 16.7. The summed E-state index contributed by atoms with van der Waals surface area (Å²) in [6.45, 7) is 8.99. The molecule has 2 atom stereocenters. The van der Waals surface area contributed by atoms with E-state index < -0.39 is 12.3 Å². The molecule has 0 saturated carbocycles. The smallest absolute Gasteiger partial charge is 0.239 e. The van der Waals surface area contributed by atoms with Crippen molar-refractivity contribution in [2.45, 2.75) is 52.6 Å². The van der Waals surface area contributed by atoms with Crippen molar-refractivity contribution >= 4 is 5.91 Å². The normalized spacial score (nSPS) is 13.9. The van der Waals surface area contributed by atoms with Crippen LogP contribution in [0.1, 0.15) is 33.3 Å². The maximum Gasteiger partial charge on any atom is 0.239 e. The number of carbonyl (C=O) groups excluding carboxylic acids is 1. The second-order valence-electron chi connectivity index (χ2n) is 5.26. The Balaban J connectivity index is 2.95. The first-order chi connectivity index (χ1) is 10.5.